The first-order chi connectivity index (χ1) is 6.69. The molecule has 1 N–H and O–H groups in total. The number of carbonyl (C=O) groups is 2. The normalized spacial score (nSPS) is 18.1. The fourth-order valence-electron chi connectivity index (χ4n) is 1.62. The highest BCUT2D eigenvalue weighted by Crippen LogP contribution is 2.11. The number of nitrogens with zero attached hydrogens (tertiary/aromatic N) is 1. The Morgan fingerprint density at radius 2 is 1.71 bits per heavy atom. The SMILES string of the molecule is CCC(CC)CN1C(=O)CNCC1=O. The van der Waals surface area contributed by atoms with Crippen molar-refractivity contribution < 1.29 is 9.59 Å². The summed E-state index contributed by atoms with van der Waals surface area (Å²) in [5, 5.41) is 2.78. The zero-order valence-electron chi connectivity index (χ0n) is 8.88. The summed E-state index contributed by atoms with van der Waals surface area (Å²) < 4.78 is 0. The molecule has 1 aliphatic rings. The number of piperazine rings is 1. The molecule has 0 spiro atoms. The topological polar surface area (TPSA) is 49.4 Å². The molecule has 1 heterocycles. The molecule has 0 unspecified atom stereocenters. The number of carbonyl (C=O) groups excluding carboxylic acids is 2. The zero-order valence-corrected chi connectivity index (χ0v) is 8.88. The van der Waals surface area contributed by atoms with Gasteiger partial charge < -0.3 is 0 Å². The van der Waals surface area contributed by atoms with Crippen LogP contribution in [-0.4, -0.2) is 36.3 Å². The number of amides is 2. The molecule has 80 valence electrons. The Labute approximate surface area is 84.7 Å². The van der Waals surface area contributed by atoms with Crippen LogP contribution in [0.2, 0.25) is 0 Å². The van der Waals surface area contributed by atoms with E-state index in [2.05, 4.69) is 19.2 Å². The van der Waals surface area contributed by atoms with Gasteiger partial charge in [-0.1, -0.05) is 26.7 Å². The Morgan fingerprint density at radius 3 is 2.14 bits per heavy atom. The number of nitrogens with one attached hydrogen (secondary N) is 1. The highest BCUT2D eigenvalue weighted by Gasteiger charge is 2.26. The minimum atomic E-state index is -0.0897. The molecule has 1 aliphatic heterocycles. The van der Waals surface area contributed by atoms with Gasteiger partial charge in [0.2, 0.25) is 11.8 Å². The van der Waals surface area contributed by atoms with E-state index < -0.39 is 0 Å². The van der Waals surface area contributed by atoms with Crippen molar-refractivity contribution in [3.8, 4) is 0 Å². The summed E-state index contributed by atoms with van der Waals surface area (Å²) in [6, 6.07) is 0. The van der Waals surface area contributed by atoms with Gasteiger partial charge >= 0.3 is 0 Å². The van der Waals surface area contributed by atoms with Gasteiger partial charge in [-0.25, -0.2) is 0 Å². The molecule has 2 amide bonds. The van der Waals surface area contributed by atoms with Gasteiger partial charge in [0.15, 0.2) is 0 Å². The Hall–Kier alpha value is -0.900. The molecule has 0 aromatic heterocycles. The van der Waals surface area contributed by atoms with Gasteiger partial charge in [0.25, 0.3) is 0 Å². The maximum Gasteiger partial charge on any atom is 0.243 e. The molecular formula is C10H18N2O2. The summed E-state index contributed by atoms with van der Waals surface area (Å²) in [6.07, 6.45) is 2.03. The van der Waals surface area contributed by atoms with Gasteiger partial charge in [-0.05, 0) is 5.92 Å². The Morgan fingerprint density at radius 1 is 1.21 bits per heavy atom. The summed E-state index contributed by atoms with van der Waals surface area (Å²) in [5.74, 6) is 0.266. The van der Waals surface area contributed by atoms with Crippen molar-refractivity contribution in [2.75, 3.05) is 19.6 Å². The molecule has 0 saturated carbocycles. The summed E-state index contributed by atoms with van der Waals surface area (Å²) in [6.45, 7) is 5.36. The van der Waals surface area contributed by atoms with Gasteiger partial charge in [-0.3, -0.25) is 19.8 Å². The summed E-state index contributed by atoms with van der Waals surface area (Å²) in [7, 11) is 0. The van der Waals surface area contributed by atoms with Crippen LogP contribution in [0.15, 0.2) is 0 Å². The van der Waals surface area contributed by atoms with Crippen LogP contribution in [-0.2, 0) is 9.59 Å². The highest BCUT2D eigenvalue weighted by molar-refractivity contribution is 5.99. The lowest BCUT2D eigenvalue weighted by Gasteiger charge is -2.28. The van der Waals surface area contributed by atoms with Crippen molar-refractivity contribution in [3.63, 3.8) is 0 Å². The quantitative estimate of drug-likeness (QED) is 0.664. The standard InChI is InChI=1S/C10H18N2O2/c1-3-8(4-2)7-12-9(13)5-11-6-10(12)14/h8,11H,3-7H2,1-2H3. The third-order valence-corrected chi connectivity index (χ3v) is 2.75. The van der Waals surface area contributed by atoms with Crippen molar-refractivity contribution in [2.24, 2.45) is 5.92 Å². The Kier molecular flexibility index (Phi) is 4.07. The van der Waals surface area contributed by atoms with Crippen LogP contribution in [0.1, 0.15) is 26.7 Å². The maximum absolute atomic E-state index is 11.4. The lowest BCUT2D eigenvalue weighted by atomic mass is 10.0. The predicted octanol–water partition coefficient (Wildman–Crippen LogP) is 0.381. The lowest BCUT2D eigenvalue weighted by molar-refractivity contribution is -0.147. The highest BCUT2D eigenvalue weighted by atomic mass is 16.2. The van der Waals surface area contributed by atoms with Crippen LogP contribution in [0.3, 0.4) is 0 Å². The first kappa shape index (κ1) is 11.2. The van der Waals surface area contributed by atoms with E-state index in [0.29, 0.717) is 25.6 Å². The predicted molar refractivity (Wildman–Crippen MR) is 53.7 cm³/mol. The van der Waals surface area contributed by atoms with E-state index in [-0.39, 0.29) is 11.8 Å². The lowest BCUT2D eigenvalue weighted by Crippen LogP contribution is -2.53. The van der Waals surface area contributed by atoms with E-state index in [0.717, 1.165) is 12.8 Å². The second-order valence-electron chi connectivity index (χ2n) is 3.68. The molecule has 1 fully saturated rings. The smallest absolute Gasteiger partial charge is 0.243 e. The van der Waals surface area contributed by atoms with Gasteiger partial charge in [0.1, 0.15) is 0 Å². The zero-order chi connectivity index (χ0) is 10.6. The van der Waals surface area contributed by atoms with Crippen molar-refractivity contribution in [1.82, 2.24) is 10.2 Å². The molecule has 0 atom stereocenters. The van der Waals surface area contributed by atoms with E-state index >= 15 is 0 Å². The third kappa shape index (κ3) is 2.54. The molecule has 0 aliphatic carbocycles. The maximum atomic E-state index is 11.4. The molecule has 1 rings (SSSR count). The van der Waals surface area contributed by atoms with E-state index in [1.807, 2.05) is 0 Å². The average molecular weight is 198 g/mol. The fourth-order valence-corrected chi connectivity index (χ4v) is 1.62. The molecule has 1 saturated heterocycles. The van der Waals surface area contributed by atoms with Gasteiger partial charge in [-0.2, -0.15) is 0 Å². The monoisotopic (exact) mass is 198 g/mol. The largest absolute Gasteiger partial charge is 0.300 e. The minimum absolute atomic E-state index is 0.0897. The van der Waals surface area contributed by atoms with Crippen LogP contribution < -0.4 is 5.32 Å². The fraction of sp³-hybridized carbons (Fsp3) is 0.800. The number of rotatable bonds is 4. The van der Waals surface area contributed by atoms with E-state index in [4.69, 9.17) is 0 Å². The average Bonchev–Trinajstić information content (AvgIpc) is 2.18. The minimum Gasteiger partial charge on any atom is -0.300 e. The summed E-state index contributed by atoms with van der Waals surface area (Å²) in [4.78, 5) is 24.2. The number of hydrogen-bond donors (Lipinski definition) is 1. The van der Waals surface area contributed by atoms with Crippen LogP contribution in [0.25, 0.3) is 0 Å². The van der Waals surface area contributed by atoms with Gasteiger partial charge in [0, 0.05) is 6.54 Å². The molecule has 0 bridgehead atoms. The molecule has 14 heavy (non-hydrogen) atoms. The third-order valence-electron chi connectivity index (χ3n) is 2.75. The second kappa shape index (κ2) is 5.10. The Balaban J connectivity index is 2.55. The number of hydrogen-bond acceptors (Lipinski definition) is 3. The van der Waals surface area contributed by atoms with Crippen LogP contribution >= 0.6 is 0 Å². The van der Waals surface area contributed by atoms with E-state index in [1.54, 1.807) is 0 Å². The molecule has 4 heteroatoms. The van der Waals surface area contributed by atoms with Crippen LogP contribution in [0.5, 0.6) is 0 Å². The second-order valence-corrected chi connectivity index (χ2v) is 3.68. The van der Waals surface area contributed by atoms with Gasteiger partial charge in [-0.15, -0.1) is 0 Å². The first-order valence-corrected chi connectivity index (χ1v) is 5.22. The molecule has 0 aromatic rings. The van der Waals surface area contributed by atoms with Crippen molar-refractivity contribution in [3.05, 3.63) is 0 Å². The Bertz CT molecular complexity index is 208. The van der Waals surface area contributed by atoms with Crippen LogP contribution in [0, 0.1) is 5.92 Å². The van der Waals surface area contributed by atoms with E-state index in [9.17, 15) is 9.59 Å². The first-order valence-electron chi connectivity index (χ1n) is 5.22. The summed E-state index contributed by atoms with van der Waals surface area (Å²) in [5.41, 5.74) is 0. The van der Waals surface area contributed by atoms with Crippen molar-refractivity contribution in [1.29, 1.82) is 0 Å². The van der Waals surface area contributed by atoms with E-state index in [1.165, 1.54) is 4.90 Å². The molecule has 0 aromatic carbocycles. The molecule has 4 nitrogen and oxygen atoms in total. The van der Waals surface area contributed by atoms with Crippen molar-refractivity contribution >= 4 is 11.8 Å². The summed E-state index contributed by atoms with van der Waals surface area (Å²) >= 11 is 0. The van der Waals surface area contributed by atoms with Crippen LogP contribution in [0.4, 0.5) is 0 Å². The van der Waals surface area contributed by atoms with Crippen molar-refractivity contribution in [2.45, 2.75) is 26.7 Å². The number of imide groups is 1. The van der Waals surface area contributed by atoms with Gasteiger partial charge in [0.05, 0.1) is 13.1 Å². The molecule has 0 radical (unpaired) electrons. The molecular weight excluding hydrogens is 180 g/mol.